The Morgan fingerprint density at radius 3 is 2.46 bits per heavy atom. The van der Waals surface area contributed by atoms with Crippen molar-refractivity contribution < 1.29 is 28.6 Å². The van der Waals surface area contributed by atoms with Crippen LogP contribution in [0.3, 0.4) is 0 Å². The summed E-state index contributed by atoms with van der Waals surface area (Å²) in [6.07, 6.45) is 11.0. The van der Waals surface area contributed by atoms with Crippen molar-refractivity contribution in [3.05, 3.63) is 77.2 Å². The van der Waals surface area contributed by atoms with Crippen molar-refractivity contribution >= 4 is 50.9 Å². The molecule has 1 aliphatic carbocycles. The highest BCUT2D eigenvalue weighted by atomic mass is 19.1. The number of carbonyl (C=O) groups excluding carboxylic acids is 3. The minimum absolute atomic E-state index is 0.0250. The number of fused-ring (bicyclic) bond motifs is 5. The molecule has 13 rings (SSSR count). The van der Waals surface area contributed by atoms with Crippen molar-refractivity contribution in [2.75, 3.05) is 81.9 Å². The number of phenols is 1. The van der Waals surface area contributed by atoms with E-state index in [0.29, 0.717) is 65.3 Å². The van der Waals surface area contributed by atoms with Crippen LogP contribution in [-0.4, -0.2) is 143 Å². The number of amides is 3. The number of rotatable bonds is 12. The van der Waals surface area contributed by atoms with Crippen LogP contribution in [0.4, 0.5) is 15.9 Å². The number of aromatic nitrogens is 3. The summed E-state index contributed by atoms with van der Waals surface area (Å²) < 4.78 is 23.8. The molecule has 7 aliphatic heterocycles. The smallest absolute Gasteiger partial charge is 0.319 e. The number of ether oxygens (including phenoxy) is 1. The summed E-state index contributed by atoms with van der Waals surface area (Å²) in [6.45, 7) is 13.1. The molecule has 7 fully saturated rings. The van der Waals surface area contributed by atoms with Crippen molar-refractivity contribution in [2.45, 2.75) is 95.8 Å². The Morgan fingerprint density at radius 1 is 0.873 bits per heavy atom. The molecule has 370 valence electrons. The molecule has 2 aromatic heterocycles. The summed E-state index contributed by atoms with van der Waals surface area (Å²) in [5, 5.41) is 19.2. The van der Waals surface area contributed by atoms with Crippen molar-refractivity contribution in [3.63, 3.8) is 0 Å². The largest absolute Gasteiger partial charge is 0.508 e. The maximum atomic E-state index is 17.2. The highest BCUT2D eigenvalue weighted by Gasteiger charge is 2.49. The zero-order valence-electron chi connectivity index (χ0n) is 40.6. The number of piperazine rings is 1. The van der Waals surface area contributed by atoms with Crippen molar-refractivity contribution in [1.29, 1.82) is 0 Å². The lowest BCUT2D eigenvalue weighted by atomic mass is 9.78. The summed E-state index contributed by atoms with van der Waals surface area (Å²) >= 11 is 0. The third-order valence-corrected chi connectivity index (χ3v) is 17.5. The predicted molar refractivity (Wildman–Crippen MR) is 268 cm³/mol. The number of piperidine rings is 2. The lowest BCUT2D eigenvalue weighted by Crippen LogP contribution is -2.58. The molecule has 9 heterocycles. The third kappa shape index (κ3) is 8.23. The van der Waals surface area contributed by atoms with Gasteiger partial charge in [0, 0.05) is 105 Å². The van der Waals surface area contributed by atoms with Gasteiger partial charge in [0.05, 0.1) is 12.0 Å². The summed E-state index contributed by atoms with van der Waals surface area (Å²) in [5.74, 6) is 0.0913. The number of nitrogens with zero attached hydrogens (tertiary/aromatic N) is 8. The van der Waals surface area contributed by atoms with Crippen molar-refractivity contribution in [3.8, 4) is 23.0 Å². The van der Waals surface area contributed by atoms with Crippen LogP contribution in [-0.2, 0) is 22.6 Å². The molecule has 3 amide bonds. The van der Waals surface area contributed by atoms with Gasteiger partial charge < -0.3 is 39.7 Å². The van der Waals surface area contributed by atoms with E-state index < -0.39 is 11.9 Å². The lowest BCUT2D eigenvalue weighted by Gasteiger charge is -2.50. The molecule has 1 spiro atoms. The first-order chi connectivity index (χ1) is 34.5. The second kappa shape index (κ2) is 17.4. The van der Waals surface area contributed by atoms with Gasteiger partial charge in [-0.15, -0.1) is 0 Å². The summed E-state index contributed by atoms with van der Waals surface area (Å²) in [7, 11) is 0. The van der Waals surface area contributed by atoms with E-state index in [-0.39, 0.29) is 52.5 Å². The zero-order valence-corrected chi connectivity index (χ0v) is 40.6. The van der Waals surface area contributed by atoms with Crippen molar-refractivity contribution in [1.82, 2.24) is 40.3 Å². The molecule has 0 radical (unpaired) electrons. The van der Waals surface area contributed by atoms with E-state index in [4.69, 9.17) is 19.7 Å². The van der Waals surface area contributed by atoms with Crippen molar-refractivity contribution in [2.24, 2.45) is 16.7 Å². The van der Waals surface area contributed by atoms with Crippen LogP contribution < -0.4 is 25.2 Å². The Balaban J connectivity index is 0.635. The predicted octanol–water partition coefficient (Wildman–Crippen LogP) is 6.04. The number of nitrogens with one attached hydrogen (secondary N) is 2. The maximum Gasteiger partial charge on any atom is 0.319 e. The first kappa shape index (κ1) is 44.9. The van der Waals surface area contributed by atoms with Crippen LogP contribution in [0.1, 0.15) is 86.2 Å². The second-order valence-corrected chi connectivity index (χ2v) is 22.5. The minimum Gasteiger partial charge on any atom is -0.508 e. The van der Waals surface area contributed by atoms with Gasteiger partial charge >= 0.3 is 6.01 Å². The Morgan fingerprint density at radius 2 is 1.69 bits per heavy atom. The van der Waals surface area contributed by atoms with E-state index in [9.17, 15) is 19.5 Å². The number of phenolic OH excluding ortho intramolecular Hbond substituents is 1. The Bertz CT molecular complexity index is 2980. The maximum absolute atomic E-state index is 17.2. The van der Waals surface area contributed by atoms with Crippen LogP contribution in [0.25, 0.3) is 32.9 Å². The number of halogens is 1. The van der Waals surface area contributed by atoms with Crippen LogP contribution in [0.2, 0.25) is 0 Å². The summed E-state index contributed by atoms with van der Waals surface area (Å²) in [4.78, 5) is 63.8. The lowest BCUT2D eigenvalue weighted by molar-refractivity contribution is -0.136. The highest BCUT2D eigenvalue weighted by Crippen LogP contribution is 2.48. The third-order valence-electron chi connectivity index (χ3n) is 17.5. The van der Waals surface area contributed by atoms with Crippen LogP contribution in [0.15, 0.2) is 54.7 Å². The number of imide groups is 1. The monoisotopic (exact) mass is 962 g/mol. The summed E-state index contributed by atoms with van der Waals surface area (Å²) in [6, 6.07) is 15.7. The number of pyridine rings is 1. The van der Waals surface area contributed by atoms with E-state index in [2.05, 4.69) is 49.3 Å². The van der Waals surface area contributed by atoms with Gasteiger partial charge in [-0.3, -0.25) is 24.7 Å². The summed E-state index contributed by atoms with van der Waals surface area (Å²) in [5.41, 5.74) is 5.04. The first-order valence-electron chi connectivity index (χ1n) is 26.2. The molecule has 3 aromatic carbocycles. The van der Waals surface area contributed by atoms with Gasteiger partial charge in [0.1, 0.15) is 28.8 Å². The quantitative estimate of drug-likeness (QED) is 0.125. The molecule has 3 unspecified atom stereocenters. The average Bonchev–Trinajstić information content (AvgIpc) is 3.66. The van der Waals surface area contributed by atoms with E-state index in [1.807, 2.05) is 24.3 Å². The van der Waals surface area contributed by atoms with Gasteiger partial charge in [0.2, 0.25) is 11.8 Å². The molecule has 16 heteroatoms. The minimum atomic E-state index is -0.599. The molecule has 5 aromatic rings. The average molecular weight is 963 g/mol. The van der Waals surface area contributed by atoms with Gasteiger partial charge in [0.25, 0.3) is 5.91 Å². The number of likely N-dealkylation sites (tertiary alicyclic amines) is 2. The molecule has 71 heavy (non-hydrogen) atoms. The molecule has 6 saturated heterocycles. The molecule has 3 N–H and O–H groups in total. The number of hydrogen-bond donors (Lipinski definition) is 3. The molecule has 1 saturated carbocycles. The van der Waals surface area contributed by atoms with Crippen LogP contribution in [0, 0.1) is 22.6 Å². The van der Waals surface area contributed by atoms with E-state index in [0.717, 1.165) is 125 Å². The number of aryl methyl sites for hydroxylation is 1. The van der Waals surface area contributed by atoms with Gasteiger partial charge in [-0.05, 0) is 136 Å². The van der Waals surface area contributed by atoms with E-state index >= 15 is 4.39 Å². The number of anilines is 2. The van der Waals surface area contributed by atoms with Gasteiger partial charge in [-0.1, -0.05) is 25.1 Å². The number of benzene rings is 3. The van der Waals surface area contributed by atoms with Crippen LogP contribution in [0.5, 0.6) is 11.8 Å². The van der Waals surface area contributed by atoms with Gasteiger partial charge in [-0.2, -0.15) is 9.97 Å². The zero-order chi connectivity index (χ0) is 48.2. The number of hydrogen-bond acceptors (Lipinski definition) is 13. The molecular weight excluding hydrogens is 900 g/mol. The first-order valence-corrected chi connectivity index (χ1v) is 26.2. The molecule has 15 nitrogen and oxygen atoms in total. The highest BCUT2D eigenvalue weighted by molar-refractivity contribution is 6.06. The molecule has 8 aliphatic rings. The normalized spacial score (nSPS) is 25.1. The topological polar surface area (TPSA) is 160 Å². The fraction of sp³-hybridized carbons (Fsp3) is 0.527. The van der Waals surface area contributed by atoms with E-state index in [1.165, 1.54) is 19.3 Å². The second-order valence-electron chi connectivity index (χ2n) is 22.5. The Hall–Kier alpha value is -5.97. The molecular formula is C55H63FN10O5. The fourth-order valence-electron chi connectivity index (χ4n) is 13.5. The van der Waals surface area contributed by atoms with Gasteiger partial charge in [-0.25, -0.2) is 4.39 Å². The van der Waals surface area contributed by atoms with Gasteiger partial charge in [0.15, 0.2) is 5.82 Å². The molecule has 2 bridgehead atoms. The SMILES string of the molecule is CCc1cccc2cc(O)cc(-c3ncc4c(N5CC6CCC(C5)N6)nc(OCC5(CN6CCC(CN7CCC8(C7)CN(c7ccc9c(c7)CN(C7CCC(=O)NC7=O)C9=O)C8)CC6)CC5)nc4c3F)c12. The van der Waals surface area contributed by atoms with Crippen LogP contribution >= 0.6 is 0 Å². The number of carbonyl (C=O) groups is 3. The van der Waals surface area contributed by atoms with E-state index in [1.54, 1.807) is 23.2 Å². The molecule has 3 atom stereocenters. The Labute approximate surface area is 413 Å². The Kier molecular flexibility index (Phi) is 11.0. The standard InChI is InChI=1S/C55H63FN10O5/c1-2-34-4-3-5-35-21-40(67)22-42(46(34)35)48-47(56)49-43(23-57-48)50(64-26-37-6-7-38(27-64)58-37)61-53(60-49)71-32-54(14-15-54)28-62-17-12-33(13-18-62)24-63-19-16-55(29-63)30-65(31-55)39-8-9-41-36(20-39)25-66(52(41)70)44-10-11-45(68)59-51(44)69/h3-5,8-9,20-23,33,37-38,44,58,67H,2,6-7,10-19,24-32H2,1H3,(H,59,68,69). The number of aromatic hydroxyl groups is 1. The fourth-order valence-corrected chi connectivity index (χ4v) is 13.5.